The number of Topliss-reactive ketones (excluding diaryl/α,β-unsaturated/α-hetero) is 3. The van der Waals surface area contributed by atoms with E-state index in [-0.39, 0.29) is 49.2 Å². The highest BCUT2D eigenvalue weighted by Gasteiger charge is 2.38. The fourth-order valence-corrected chi connectivity index (χ4v) is 3.87. The molecule has 156 valence electrons. The third kappa shape index (κ3) is 5.09. The fourth-order valence-electron chi connectivity index (χ4n) is 3.87. The van der Waals surface area contributed by atoms with Crippen molar-refractivity contribution in [3.05, 3.63) is 70.8 Å². The van der Waals surface area contributed by atoms with Crippen molar-refractivity contribution in [3.8, 4) is 0 Å². The van der Waals surface area contributed by atoms with Crippen LogP contribution in [0.3, 0.4) is 0 Å². The van der Waals surface area contributed by atoms with Gasteiger partial charge in [0.2, 0.25) is 5.91 Å². The van der Waals surface area contributed by atoms with Gasteiger partial charge in [0.1, 0.15) is 5.78 Å². The third-order valence-corrected chi connectivity index (χ3v) is 5.74. The Morgan fingerprint density at radius 1 is 0.767 bits per heavy atom. The molecule has 0 spiro atoms. The molecule has 0 radical (unpaired) electrons. The van der Waals surface area contributed by atoms with Crippen LogP contribution in [-0.4, -0.2) is 41.2 Å². The highest BCUT2D eigenvalue weighted by Crippen LogP contribution is 2.26. The Morgan fingerprint density at radius 2 is 1.13 bits per heavy atom. The van der Waals surface area contributed by atoms with Crippen molar-refractivity contribution in [2.75, 3.05) is 13.1 Å². The van der Waals surface area contributed by atoms with E-state index in [2.05, 4.69) is 0 Å². The van der Waals surface area contributed by atoms with E-state index in [4.69, 9.17) is 0 Å². The molecule has 30 heavy (non-hydrogen) atoms. The quantitative estimate of drug-likeness (QED) is 0.685. The summed E-state index contributed by atoms with van der Waals surface area (Å²) in [6.07, 6.45) is 0.0851. The normalized spacial score (nSPS) is 18.9. The second-order valence-corrected chi connectivity index (χ2v) is 8.21. The van der Waals surface area contributed by atoms with E-state index < -0.39 is 11.8 Å². The summed E-state index contributed by atoms with van der Waals surface area (Å²) in [7, 11) is 0. The lowest BCUT2D eigenvalue weighted by Gasteiger charge is -2.36. The predicted octanol–water partition coefficient (Wildman–Crippen LogP) is 3.81. The second kappa shape index (κ2) is 9.16. The van der Waals surface area contributed by atoms with Gasteiger partial charge in [-0.25, -0.2) is 0 Å². The minimum atomic E-state index is -0.590. The highest BCUT2D eigenvalue weighted by atomic mass is 16.2. The van der Waals surface area contributed by atoms with Crippen LogP contribution in [0.2, 0.25) is 0 Å². The molecule has 2 unspecified atom stereocenters. The summed E-state index contributed by atoms with van der Waals surface area (Å²) in [5.41, 5.74) is 3.22. The molecule has 5 heteroatoms. The zero-order valence-electron chi connectivity index (χ0n) is 17.7. The highest BCUT2D eigenvalue weighted by molar-refractivity contribution is 6.02. The maximum atomic E-state index is 13.1. The molecule has 1 fully saturated rings. The van der Waals surface area contributed by atoms with E-state index in [0.29, 0.717) is 11.1 Å². The van der Waals surface area contributed by atoms with Gasteiger partial charge in [-0.2, -0.15) is 0 Å². The van der Waals surface area contributed by atoms with E-state index in [1.165, 1.54) is 6.92 Å². The molecule has 1 saturated heterocycles. The summed E-state index contributed by atoms with van der Waals surface area (Å²) < 4.78 is 0. The van der Waals surface area contributed by atoms with E-state index in [0.717, 1.165) is 11.1 Å². The maximum Gasteiger partial charge on any atom is 0.219 e. The average molecular weight is 405 g/mol. The number of ketones is 3. The lowest BCUT2D eigenvalue weighted by atomic mass is 9.80. The van der Waals surface area contributed by atoms with Gasteiger partial charge in [-0.1, -0.05) is 59.7 Å². The van der Waals surface area contributed by atoms with Gasteiger partial charge < -0.3 is 4.90 Å². The van der Waals surface area contributed by atoms with Crippen LogP contribution >= 0.6 is 0 Å². The van der Waals surface area contributed by atoms with Crippen molar-refractivity contribution in [1.82, 2.24) is 4.90 Å². The van der Waals surface area contributed by atoms with Gasteiger partial charge in [0, 0.05) is 55.8 Å². The number of aryl methyl sites for hydroxylation is 2. The summed E-state index contributed by atoms with van der Waals surface area (Å²) in [4.78, 5) is 52.1. The van der Waals surface area contributed by atoms with E-state index >= 15 is 0 Å². The number of piperidine rings is 1. The zero-order chi connectivity index (χ0) is 21.8. The Labute approximate surface area is 177 Å². The number of rotatable bonds is 6. The molecular formula is C25H27NO4. The number of carbonyl (C=O) groups is 4. The summed E-state index contributed by atoms with van der Waals surface area (Å²) in [5.74, 6) is -1.68. The monoisotopic (exact) mass is 405 g/mol. The van der Waals surface area contributed by atoms with Crippen molar-refractivity contribution < 1.29 is 19.2 Å². The first kappa shape index (κ1) is 21.6. The Hall–Kier alpha value is -3.08. The van der Waals surface area contributed by atoms with Gasteiger partial charge >= 0.3 is 0 Å². The average Bonchev–Trinajstić information content (AvgIpc) is 2.71. The van der Waals surface area contributed by atoms with Gasteiger partial charge in [0.25, 0.3) is 0 Å². The molecule has 1 amide bonds. The second-order valence-electron chi connectivity index (χ2n) is 8.21. The number of amides is 1. The molecular weight excluding hydrogens is 378 g/mol. The molecule has 0 aliphatic carbocycles. The topological polar surface area (TPSA) is 71.5 Å². The van der Waals surface area contributed by atoms with Crippen molar-refractivity contribution in [2.24, 2.45) is 11.8 Å². The number of hydrogen-bond donors (Lipinski definition) is 0. The Kier molecular flexibility index (Phi) is 6.60. The number of nitrogens with zero attached hydrogens (tertiary/aromatic N) is 1. The molecule has 0 aromatic heterocycles. The van der Waals surface area contributed by atoms with E-state index in [9.17, 15) is 19.2 Å². The standard InChI is InChI=1S/C25H27NO4/c1-16-4-8-19(9-5-16)23(28)12-21-14-26(18(3)27)15-22(25(21)30)13-24(29)20-10-6-17(2)7-11-20/h4-11,21-22H,12-15H2,1-3H3. The SMILES string of the molecule is CC(=O)N1CC(CC(=O)c2ccc(C)cc2)C(=O)C(CC(=O)c2ccc(C)cc2)C1. The molecule has 1 aliphatic heterocycles. The molecule has 5 nitrogen and oxygen atoms in total. The van der Waals surface area contributed by atoms with Crippen molar-refractivity contribution in [1.29, 1.82) is 0 Å². The number of likely N-dealkylation sites (tertiary alicyclic amines) is 1. The van der Waals surface area contributed by atoms with Gasteiger partial charge in [-0.3, -0.25) is 19.2 Å². The molecule has 1 heterocycles. The smallest absolute Gasteiger partial charge is 0.219 e. The first-order chi connectivity index (χ1) is 14.2. The molecule has 2 atom stereocenters. The summed E-state index contributed by atoms with van der Waals surface area (Å²) in [6, 6.07) is 14.5. The van der Waals surface area contributed by atoms with Crippen molar-refractivity contribution in [3.63, 3.8) is 0 Å². The Morgan fingerprint density at radius 3 is 1.47 bits per heavy atom. The van der Waals surface area contributed by atoms with Crippen LogP contribution in [0.5, 0.6) is 0 Å². The van der Waals surface area contributed by atoms with E-state index in [1.54, 1.807) is 29.2 Å². The lowest BCUT2D eigenvalue weighted by Crippen LogP contribution is -2.49. The van der Waals surface area contributed by atoms with Crippen LogP contribution in [0.15, 0.2) is 48.5 Å². The van der Waals surface area contributed by atoms with Gasteiger partial charge in [-0.05, 0) is 13.8 Å². The molecule has 2 aromatic rings. The fraction of sp³-hybridized carbons (Fsp3) is 0.360. The summed E-state index contributed by atoms with van der Waals surface area (Å²) in [6.45, 7) is 5.79. The third-order valence-electron chi connectivity index (χ3n) is 5.74. The van der Waals surface area contributed by atoms with Gasteiger partial charge in [0.15, 0.2) is 11.6 Å². The van der Waals surface area contributed by atoms with Crippen molar-refractivity contribution in [2.45, 2.75) is 33.6 Å². The van der Waals surface area contributed by atoms with Crippen LogP contribution in [0, 0.1) is 25.7 Å². The van der Waals surface area contributed by atoms with Gasteiger partial charge in [-0.15, -0.1) is 0 Å². The Balaban J connectivity index is 1.75. The molecule has 1 aliphatic rings. The predicted molar refractivity (Wildman–Crippen MR) is 114 cm³/mol. The summed E-state index contributed by atoms with van der Waals surface area (Å²) in [5, 5.41) is 0. The minimum Gasteiger partial charge on any atom is -0.341 e. The Bertz CT molecular complexity index is 888. The van der Waals surface area contributed by atoms with Crippen LogP contribution in [0.1, 0.15) is 51.6 Å². The number of benzene rings is 2. The van der Waals surface area contributed by atoms with Crippen LogP contribution in [0.4, 0.5) is 0 Å². The summed E-state index contributed by atoms with van der Waals surface area (Å²) >= 11 is 0. The first-order valence-corrected chi connectivity index (χ1v) is 10.2. The minimum absolute atomic E-state index is 0.0426. The van der Waals surface area contributed by atoms with Crippen LogP contribution in [0.25, 0.3) is 0 Å². The molecule has 0 saturated carbocycles. The molecule has 3 rings (SSSR count). The van der Waals surface area contributed by atoms with Crippen molar-refractivity contribution >= 4 is 23.3 Å². The number of hydrogen-bond acceptors (Lipinski definition) is 4. The molecule has 0 bridgehead atoms. The van der Waals surface area contributed by atoms with Crippen LogP contribution in [-0.2, 0) is 9.59 Å². The maximum absolute atomic E-state index is 13.1. The lowest BCUT2D eigenvalue weighted by molar-refractivity contribution is -0.139. The first-order valence-electron chi connectivity index (χ1n) is 10.2. The largest absolute Gasteiger partial charge is 0.341 e. The number of carbonyl (C=O) groups excluding carboxylic acids is 4. The molecule has 2 aromatic carbocycles. The zero-order valence-corrected chi connectivity index (χ0v) is 17.7. The van der Waals surface area contributed by atoms with Crippen LogP contribution < -0.4 is 0 Å². The van der Waals surface area contributed by atoms with E-state index in [1.807, 2.05) is 38.1 Å². The molecule has 0 N–H and O–H groups in total. The van der Waals surface area contributed by atoms with Gasteiger partial charge in [0.05, 0.1) is 0 Å².